The van der Waals surface area contributed by atoms with Crippen LogP contribution in [0.4, 0.5) is 0 Å². The Kier molecular flexibility index (Phi) is 7.47. The molecule has 2 unspecified atom stereocenters. The Morgan fingerprint density at radius 1 is 1.39 bits per heavy atom. The van der Waals surface area contributed by atoms with Gasteiger partial charge in [0.15, 0.2) is 0 Å². The molecule has 1 N–H and O–H groups in total. The second kappa shape index (κ2) is 8.62. The average Bonchev–Trinajstić information content (AvgIpc) is 2.34. The van der Waals surface area contributed by atoms with E-state index in [1.807, 2.05) is 19.3 Å². The van der Waals surface area contributed by atoms with Crippen LogP contribution in [0.2, 0.25) is 0 Å². The third-order valence-corrected chi connectivity index (χ3v) is 3.30. The van der Waals surface area contributed by atoms with E-state index >= 15 is 0 Å². The van der Waals surface area contributed by atoms with Crippen molar-refractivity contribution in [2.45, 2.75) is 45.8 Å². The third-order valence-electron chi connectivity index (χ3n) is 2.87. The highest BCUT2D eigenvalue weighted by molar-refractivity contribution is 9.10. The molecule has 0 radical (unpaired) electrons. The minimum Gasteiger partial charge on any atom is -0.377 e. The van der Waals surface area contributed by atoms with E-state index < -0.39 is 0 Å². The van der Waals surface area contributed by atoms with Gasteiger partial charge in [-0.05, 0) is 60.8 Å². The van der Waals surface area contributed by atoms with Crippen LogP contribution in [0.3, 0.4) is 0 Å². The van der Waals surface area contributed by atoms with Crippen LogP contribution in [-0.4, -0.2) is 30.3 Å². The van der Waals surface area contributed by atoms with Crippen LogP contribution in [0.5, 0.6) is 0 Å². The van der Waals surface area contributed by atoms with E-state index in [1.54, 1.807) is 0 Å². The topological polar surface area (TPSA) is 34.2 Å². The molecular formula is C14H23BrN2O. The molecule has 0 fully saturated rings. The zero-order valence-corrected chi connectivity index (χ0v) is 13.0. The number of halogens is 1. The molecule has 1 aromatic rings. The van der Waals surface area contributed by atoms with Gasteiger partial charge in [-0.2, -0.15) is 0 Å². The van der Waals surface area contributed by atoms with E-state index in [-0.39, 0.29) is 6.10 Å². The third kappa shape index (κ3) is 5.46. The number of hydrogen-bond acceptors (Lipinski definition) is 3. The summed E-state index contributed by atoms with van der Waals surface area (Å²) in [5, 5.41) is 3.55. The van der Waals surface area contributed by atoms with E-state index in [1.165, 1.54) is 5.56 Å². The van der Waals surface area contributed by atoms with Gasteiger partial charge >= 0.3 is 0 Å². The maximum Gasteiger partial charge on any atom is 0.0703 e. The van der Waals surface area contributed by atoms with E-state index in [2.05, 4.69) is 46.1 Å². The Hall–Kier alpha value is -0.450. The summed E-state index contributed by atoms with van der Waals surface area (Å²) in [6, 6.07) is 2.45. The van der Waals surface area contributed by atoms with Gasteiger partial charge in [0.1, 0.15) is 0 Å². The molecule has 1 rings (SSSR count). The first kappa shape index (κ1) is 15.6. The van der Waals surface area contributed by atoms with Crippen molar-refractivity contribution in [3.63, 3.8) is 0 Å². The Balaban J connectivity index is 2.64. The second-order valence-electron chi connectivity index (χ2n) is 4.44. The minimum absolute atomic E-state index is 0.209. The second-order valence-corrected chi connectivity index (χ2v) is 5.35. The lowest BCUT2D eigenvalue weighted by Crippen LogP contribution is -2.42. The van der Waals surface area contributed by atoms with Gasteiger partial charge in [-0.25, -0.2) is 0 Å². The number of nitrogens with one attached hydrogen (secondary N) is 1. The normalized spacial score (nSPS) is 14.4. The Labute approximate surface area is 118 Å². The fraction of sp³-hybridized carbons (Fsp3) is 0.643. The molecule has 1 heterocycles. The number of aromatic nitrogens is 1. The molecule has 0 saturated heterocycles. The lowest BCUT2D eigenvalue weighted by Gasteiger charge is -2.25. The van der Waals surface area contributed by atoms with Crippen molar-refractivity contribution < 1.29 is 4.74 Å². The molecule has 0 spiro atoms. The monoisotopic (exact) mass is 314 g/mol. The lowest BCUT2D eigenvalue weighted by molar-refractivity contribution is 0.0476. The van der Waals surface area contributed by atoms with E-state index in [0.717, 1.165) is 30.5 Å². The first-order chi connectivity index (χ1) is 8.67. The molecule has 0 amide bonds. The highest BCUT2D eigenvalue weighted by atomic mass is 79.9. The molecule has 0 aromatic carbocycles. The van der Waals surface area contributed by atoms with Gasteiger partial charge in [0.2, 0.25) is 0 Å². The quantitative estimate of drug-likeness (QED) is 0.800. The largest absolute Gasteiger partial charge is 0.377 e. The van der Waals surface area contributed by atoms with Crippen molar-refractivity contribution in [3.05, 3.63) is 28.5 Å². The first-order valence-electron chi connectivity index (χ1n) is 6.61. The number of hydrogen-bond donors (Lipinski definition) is 1. The first-order valence-corrected chi connectivity index (χ1v) is 7.41. The predicted octanol–water partition coefficient (Wildman–Crippen LogP) is 3.18. The SMILES string of the molecule is CCCNC(Cc1cncc(Br)c1)C(C)OCC. The fourth-order valence-electron chi connectivity index (χ4n) is 1.93. The van der Waals surface area contributed by atoms with Gasteiger partial charge in [0.25, 0.3) is 0 Å². The molecule has 0 bridgehead atoms. The van der Waals surface area contributed by atoms with Crippen LogP contribution >= 0.6 is 15.9 Å². The van der Waals surface area contributed by atoms with Gasteiger partial charge in [-0.1, -0.05) is 6.92 Å². The molecule has 0 saturated carbocycles. The molecule has 18 heavy (non-hydrogen) atoms. The highest BCUT2D eigenvalue weighted by Crippen LogP contribution is 2.13. The summed E-state index contributed by atoms with van der Waals surface area (Å²) < 4.78 is 6.74. The highest BCUT2D eigenvalue weighted by Gasteiger charge is 2.17. The van der Waals surface area contributed by atoms with E-state index in [4.69, 9.17) is 4.74 Å². The molecule has 1 aromatic heterocycles. The molecule has 4 heteroatoms. The summed E-state index contributed by atoms with van der Waals surface area (Å²) in [6.45, 7) is 8.11. The molecule has 0 aliphatic carbocycles. The van der Waals surface area contributed by atoms with Crippen molar-refractivity contribution >= 4 is 15.9 Å². The van der Waals surface area contributed by atoms with Crippen LogP contribution in [0.25, 0.3) is 0 Å². The van der Waals surface area contributed by atoms with Crippen LogP contribution in [0, 0.1) is 0 Å². The number of pyridine rings is 1. The van der Waals surface area contributed by atoms with Gasteiger partial charge in [-0.15, -0.1) is 0 Å². The number of rotatable bonds is 8. The maximum absolute atomic E-state index is 5.71. The summed E-state index contributed by atoms with van der Waals surface area (Å²) in [5.74, 6) is 0. The number of nitrogens with zero attached hydrogens (tertiary/aromatic N) is 1. The molecular weight excluding hydrogens is 292 g/mol. The van der Waals surface area contributed by atoms with E-state index in [0.29, 0.717) is 6.04 Å². The van der Waals surface area contributed by atoms with Crippen LogP contribution in [-0.2, 0) is 11.2 Å². The average molecular weight is 315 g/mol. The summed E-state index contributed by atoms with van der Waals surface area (Å²) in [7, 11) is 0. The Morgan fingerprint density at radius 2 is 2.17 bits per heavy atom. The van der Waals surface area contributed by atoms with Crippen molar-refractivity contribution in [3.8, 4) is 0 Å². The van der Waals surface area contributed by atoms with Gasteiger partial charge in [-0.3, -0.25) is 4.98 Å². The molecule has 3 nitrogen and oxygen atoms in total. The van der Waals surface area contributed by atoms with Gasteiger partial charge in [0, 0.05) is 29.5 Å². The van der Waals surface area contributed by atoms with Crippen molar-refractivity contribution in [1.29, 1.82) is 0 Å². The van der Waals surface area contributed by atoms with Crippen LogP contribution < -0.4 is 5.32 Å². The zero-order valence-electron chi connectivity index (χ0n) is 11.4. The van der Waals surface area contributed by atoms with Crippen molar-refractivity contribution in [1.82, 2.24) is 10.3 Å². The summed E-state index contributed by atoms with van der Waals surface area (Å²) in [6.07, 6.45) is 6.01. The summed E-state index contributed by atoms with van der Waals surface area (Å²) >= 11 is 3.46. The standard InChI is InChI=1S/C14H23BrN2O/c1-4-6-17-14(11(3)18-5-2)8-12-7-13(15)10-16-9-12/h7,9-11,14,17H,4-6,8H2,1-3H3. The Bertz CT molecular complexity index is 346. The van der Waals surface area contributed by atoms with Crippen LogP contribution in [0.1, 0.15) is 32.8 Å². The van der Waals surface area contributed by atoms with Crippen molar-refractivity contribution in [2.75, 3.05) is 13.2 Å². The molecule has 2 atom stereocenters. The predicted molar refractivity (Wildman–Crippen MR) is 78.8 cm³/mol. The van der Waals surface area contributed by atoms with Gasteiger partial charge in [0.05, 0.1) is 6.10 Å². The Morgan fingerprint density at radius 3 is 2.78 bits per heavy atom. The smallest absolute Gasteiger partial charge is 0.0703 e. The molecule has 0 aliphatic heterocycles. The maximum atomic E-state index is 5.71. The fourth-order valence-corrected chi connectivity index (χ4v) is 2.35. The van der Waals surface area contributed by atoms with Gasteiger partial charge < -0.3 is 10.1 Å². The van der Waals surface area contributed by atoms with Crippen molar-refractivity contribution in [2.24, 2.45) is 0 Å². The molecule has 102 valence electrons. The lowest BCUT2D eigenvalue weighted by atomic mass is 10.0. The summed E-state index contributed by atoms with van der Waals surface area (Å²) in [4.78, 5) is 4.21. The van der Waals surface area contributed by atoms with Crippen LogP contribution in [0.15, 0.2) is 22.9 Å². The minimum atomic E-state index is 0.209. The van der Waals surface area contributed by atoms with E-state index in [9.17, 15) is 0 Å². The number of ether oxygens (including phenoxy) is 1. The zero-order chi connectivity index (χ0) is 13.4. The molecule has 0 aliphatic rings. The summed E-state index contributed by atoms with van der Waals surface area (Å²) in [5.41, 5.74) is 1.23.